The minimum atomic E-state index is -0.710. The lowest BCUT2D eigenvalue weighted by Gasteiger charge is -2.37. The first-order valence-corrected chi connectivity index (χ1v) is 11.2. The fourth-order valence-corrected chi connectivity index (χ4v) is 3.73. The SMILES string of the molecule is CC[C@H](C)[C@H](NC(=O)OCc1ccccc1)C(=O)N1CCN(C(=O)c2ccccc2O)CC1. The molecule has 0 saturated carbocycles. The number of amides is 3. The Balaban J connectivity index is 1.57. The summed E-state index contributed by atoms with van der Waals surface area (Å²) in [7, 11) is 0. The summed E-state index contributed by atoms with van der Waals surface area (Å²) in [5.41, 5.74) is 1.11. The molecule has 8 nitrogen and oxygen atoms in total. The minimum Gasteiger partial charge on any atom is -0.507 e. The highest BCUT2D eigenvalue weighted by Gasteiger charge is 2.33. The van der Waals surface area contributed by atoms with Crippen LogP contribution in [0.25, 0.3) is 0 Å². The number of benzene rings is 2. The summed E-state index contributed by atoms with van der Waals surface area (Å²) >= 11 is 0. The van der Waals surface area contributed by atoms with Gasteiger partial charge < -0.3 is 25.0 Å². The van der Waals surface area contributed by atoms with E-state index in [-0.39, 0.29) is 35.7 Å². The van der Waals surface area contributed by atoms with Gasteiger partial charge in [-0.2, -0.15) is 0 Å². The Bertz CT molecular complexity index is 958. The summed E-state index contributed by atoms with van der Waals surface area (Å²) in [4.78, 5) is 41.6. The average Bonchev–Trinajstić information content (AvgIpc) is 2.85. The zero-order valence-corrected chi connectivity index (χ0v) is 19.1. The first-order valence-electron chi connectivity index (χ1n) is 11.2. The van der Waals surface area contributed by atoms with Gasteiger partial charge in [-0.3, -0.25) is 9.59 Å². The Morgan fingerprint density at radius 1 is 0.970 bits per heavy atom. The van der Waals surface area contributed by atoms with Crippen LogP contribution in [0.4, 0.5) is 4.79 Å². The molecule has 2 atom stereocenters. The topological polar surface area (TPSA) is 99.2 Å². The van der Waals surface area contributed by atoms with Crippen molar-refractivity contribution in [3.05, 3.63) is 65.7 Å². The van der Waals surface area contributed by atoms with Crippen molar-refractivity contribution in [2.75, 3.05) is 26.2 Å². The highest BCUT2D eigenvalue weighted by molar-refractivity contribution is 5.97. The smallest absolute Gasteiger partial charge is 0.408 e. The van der Waals surface area contributed by atoms with Crippen molar-refractivity contribution < 1.29 is 24.2 Å². The van der Waals surface area contributed by atoms with E-state index in [1.165, 1.54) is 6.07 Å². The first-order chi connectivity index (χ1) is 15.9. The Hall–Kier alpha value is -3.55. The third-order valence-corrected chi connectivity index (χ3v) is 5.98. The molecule has 1 heterocycles. The standard InChI is InChI=1S/C25H31N3O5/c1-3-18(2)22(26-25(32)33-17-19-9-5-4-6-10-19)24(31)28-15-13-27(14-16-28)23(30)20-11-7-8-12-21(20)29/h4-12,18,22,29H,3,13-17H2,1-2H3,(H,26,32)/t18-,22-/m0/s1. The average molecular weight is 454 g/mol. The monoisotopic (exact) mass is 453 g/mol. The van der Waals surface area contributed by atoms with Crippen LogP contribution in [0.1, 0.15) is 36.2 Å². The van der Waals surface area contributed by atoms with E-state index in [4.69, 9.17) is 4.74 Å². The molecule has 0 spiro atoms. The van der Waals surface area contributed by atoms with Crippen LogP contribution in [-0.4, -0.2) is 65.0 Å². The molecular weight excluding hydrogens is 422 g/mol. The number of para-hydroxylation sites is 1. The minimum absolute atomic E-state index is 0.0592. The number of hydrogen-bond acceptors (Lipinski definition) is 5. The normalized spacial score (nSPS) is 15.5. The van der Waals surface area contributed by atoms with Gasteiger partial charge in [-0.1, -0.05) is 62.7 Å². The summed E-state index contributed by atoms with van der Waals surface area (Å²) in [5.74, 6) is -0.587. The Morgan fingerprint density at radius 2 is 1.58 bits per heavy atom. The van der Waals surface area contributed by atoms with Gasteiger partial charge in [0.25, 0.3) is 5.91 Å². The van der Waals surface area contributed by atoms with Crippen molar-refractivity contribution in [2.24, 2.45) is 5.92 Å². The van der Waals surface area contributed by atoms with E-state index in [0.717, 1.165) is 5.56 Å². The molecule has 2 N–H and O–H groups in total. The maximum atomic E-state index is 13.2. The second kappa shape index (κ2) is 11.4. The van der Waals surface area contributed by atoms with E-state index < -0.39 is 12.1 Å². The lowest BCUT2D eigenvalue weighted by atomic mass is 9.97. The molecule has 0 aromatic heterocycles. The molecule has 3 rings (SSSR count). The van der Waals surface area contributed by atoms with E-state index in [9.17, 15) is 19.5 Å². The van der Waals surface area contributed by atoms with Gasteiger partial charge in [-0.05, 0) is 23.6 Å². The van der Waals surface area contributed by atoms with Crippen molar-refractivity contribution >= 4 is 17.9 Å². The molecule has 1 fully saturated rings. The highest BCUT2D eigenvalue weighted by atomic mass is 16.5. The number of piperazine rings is 1. The lowest BCUT2D eigenvalue weighted by Crippen LogP contribution is -2.57. The van der Waals surface area contributed by atoms with Gasteiger partial charge in [0.2, 0.25) is 5.91 Å². The number of phenols is 1. The van der Waals surface area contributed by atoms with Gasteiger partial charge >= 0.3 is 6.09 Å². The number of phenolic OH excluding ortho intramolecular Hbond substituents is 1. The second-order valence-corrected chi connectivity index (χ2v) is 8.20. The molecule has 0 aliphatic carbocycles. The number of carbonyl (C=O) groups is 3. The number of carbonyl (C=O) groups excluding carboxylic acids is 3. The van der Waals surface area contributed by atoms with Crippen LogP contribution in [0.15, 0.2) is 54.6 Å². The third-order valence-electron chi connectivity index (χ3n) is 5.98. The van der Waals surface area contributed by atoms with Gasteiger partial charge in [0.05, 0.1) is 5.56 Å². The number of hydrogen-bond donors (Lipinski definition) is 2. The van der Waals surface area contributed by atoms with Crippen molar-refractivity contribution in [3.8, 4) is 5.75 Å². The van der Waals surface area contributed by atoms with Crippen molar-refractivity contribution in [3.63, 3.8) is 0 Å². The van der Waals surface area contributed by atoms with Crippen LogP contribution in [0.5, 0.6) is 5.75 Å². The predicted octanol–water partition coefficient (Wildman–Crippen LogP) is 3.02. The van der Waals surface area contributed by atoms with Gasteiger partial charge in [0.15, 0.2) is 0 Å². The molecule has 2 aromatic rings. The van der Waals surface area contributed by atoms with E-state index >= 15 is 0 Å². The Labute approximate surface area is 194 Å². The molecule has 2 aromatic carbocycles. The Kier molecular flexibility index (Phi) is 8.29. The Morgan fingerprint density at radius 3 is 2.21 bits per heavy atom. The van der Waals surface area contributed by atoms with Gasteiger partial charge in [-0.25, -0.2) is 4.79 Å². The van der Waals surface area contributed by atoms with Crippen LogP contribution in [0.2, 0.25) is 0 Å². The summed E-state index contributed by atoms with van der Waals surface area (Å²) in [6.07, 6.45) is 0.0760. The summed E-state index contributed by atoms with van der Waals surface area (Å²) in [6.45, 7) is 5.41. The van der Waals surface area contributed by atoms with E-state index in [2.05, 4.69) is 5.32 Å². The van der Waals surface area contributed by atoms with Crippen molar-refractivity contribution in [1.82, 2.24) is 15.1 Å². The fourth-order valence-electron chi connectivity index (χ4n) is 3.73. The fraction of sp³-hybridized carbons (Fsp3) is 0.400. The molecule has 8 heteroatoms. The highest BCUT2D eigenvalue weighted by Crippen LogP contribution is 2.19. The summed E-state index contributed by atoms with van der Waals surface area (Å²) < 4.78 is 5.30. The zero-order chi connectivity index (χ0) is 23.8. The number of aromatic hydroxyl groups is 1. The summed E-state index contributed by atoms with van der Waals surface area (Å²) in [6, 6.07) is 15.1. The molecule has 1 saturated heterocycles. The van der Waals surface area contributed by atoms with E-state index in [0.29, 0.717) is 32.6 Å². The molecule has 0 unspecified atom stereocenters. The van der Waals surface area contributed by atoms with Crippen molar-refractivity contribution in [1.29, 1.82) is 0 Å². The first kappa shape index (κ1) is 24.1. The molecule has 1 aliphatic heterocycles. The summed E-state index contributed by atoms with van der Waals surface area (Å²) in [5, 5.41) is 12.7. The molecular formula is C25H31N3O5. The number of rotatable bonds is 7. The van der Waals surface area contributed by atoms with Crippen LogP contribution in [0, 0.1) is 5.92 Å². The number of ether oxygens (including phenoxy) is 1. The van der Waals surface area contributed by atoms with Gasteiger partial charge in [0.1, 0.15) is 18.4 Å². The largest absolute Gasteiger partial charge is 0.507 e. The molecule has 176 valence electrons. The zero-order valence-electron chi connectivity index (χ0n) is 19.1. The van der Waals surface area contributed by atoms with Gasteiger partial charge in [-0.15, -0.1) is 0 Å². The van der Waals surface area contributed by atoms with E-state index in [1.807, 2.05) is 44.2 Å². The maximum Gasteiger partial charge on any atom is 0.408 e. The molecule has 0 radical (unpaired) electrons. The molecule has 1 aliphatic rings. The maximum absolute atomic E-state index is 13.2. The van der Waals surface area contributed by atoms with Gasteiger partial charge in [0, 0.05) is 26.2 Å². The quantitative estimate of drug-likeness (QED) is 0.671. The van der Waals surface area contributed by atoms with Crippen molar-refractivity contribution in [2.45, 2.75) is 32.9 Å². The van der Waals surface area contributed by atoms with E-state index in [1.54, 1.807) is 28.0 Å². The number of nitrogens with one attached hydrogen (secondary N) is 1. The number of nitrogens with zero attached hydrogens (tertiary/aromatic N) is 2. The number of alkyl carbamates (subject to hydrolysis) is 1. The lowest BCUT2D eigenvalue weighted by molar-refractivity contribution is -0.136. The second-order valence-electron chi connectivity index (χ2n) is 8.20. The van der Waals surface area contributed by atoms with Crippen LogP contribution >= 0.6 is 0 Å². The van der Waals surface area contributed by atoms with Crippen LogP contribution in [-0.2, 0) is 16.1 Å². The molecule has 33 heavy (non-hydrogen) atoms. The third kappa shape index (κ3) is 6.25. The molecule has 3 amide bonds. The molecule has 0 bridgehead atoms. The van der Waals surface area contributed by atoms with Crippen LogP contribution in [0.3, 0.4) is 0 Å². The predicted molar refractivity (Wildman–Crippen MR) is 124 cm³/mol. The van der Waals surface area contributed by atoms with Crippen LogP contribution < -0.4 is 5.32 Å².